The lowest BCUT2D eigenvalue weighted by Gasteiger charge is -2.24. The molecule has 0 spiro atoms. The third-order valence-corrected chi connectivity index (χ3v) is 2.60. The maximum absolute atomic E-state index is 11.9. The first kappa shape index (κ1) is 11.1. The smallest absolute Gasteiger partial charge is 0.313 e. The van der Waals surface area contributed by atoms with Crippen LogP contribution in [0.25, 0.3) is 0 Å². The van der Waals surface area contributed by atoms with Crippen molar-refractivity contribution in [3.8, 4) is 0 Å². The van der Waals surface area contributed by atoms with Crippen LogP contribution in [0.15, 0.2) is 28.9 Å². The van der Waals surface area contributed by atoms with Crippen molar-refractivity contribution >= 4 is 11.7 Å². The van der Waals surface area contributed by atoms with Gasteiger partial charge in [-0.05, 0) is 45.3 Å². The van der Waals surface area contributed by atoms with Gasteiger partial charge in [0.25, 0.3) is 0 Å². The third kappa shape index (κ3) is 2.40. The lowest BCUT2D eigenvalue weighted by atomic mass is 9.89. The maximum Gasteiger partial charge on any atom is 0.313 e. The Morgan fingerprint density at radius 2 is 2.25 bits per heavy atom. The number of ether oxygens (including phenoxy) is 1. The standard InChI is InChI=1S/C13H17NO2/c1-13(2,3)16-12(15)10-4-5-11-9(8-10)6-7-14-11/h6-8,10H,4-5H2,1-3H3. The molecule has 0 fully saturated rings. The van der Waals surface area contributed by atoms with E-state index in [1.165, 1.54) is 0 Å². The van der Waals surface area contributed by atoms with Crippen molar-refractivity contribution in [3.63, 3.8) is 0 Å². The summed E-state index contributed by atoms with van der Waals surface area (Å²) in [7, 11) is 0. The number of aliphatic imine (C=N–C) groups is 1. The second-order valence-electron chi connectivity index (χ2n) is 5.19. The Kier molecular flexibility index (Phi) is 2.70. The molecule has 0 aromatic carbocycles. The van der Waals surface area contributed by atoms with E-state index >= 15 is 0 Å². The summed E-state index contributed by atoms with van der Waals surface area (Å²) >= 11 is 0. The highest BCUT2D eigenvalue weighted by Gasteiger charge is 2.28. The predicted molar refractivity (Wildman–Crippen MR) is 63.2 cm³/mol. The normalized spacial score (nSPS) is 23.6. The fraction of sp³-hybridized carbons (Fsp3) is 0.538. The second kappa shape index (κ2) is 3.89. The molecule has 1 heterocycles. The molecule has 0 N–H and O–H groups in total. The lowest BCUT2D eigenvalue weighted by molar-refractivity contribution is -0.158. The first-order chi connectivity index (χ1) is 7.46. The van der Waals surface area contributed by atoms with Crippen molar-refractivity contribution in [3.05, 3.63) is 23.9 Å². The zero-order chi connectivity index (χ0) is 11.8. The number of nitrogens with zero attached hydrogens (tertiary/aromatic N) is 1. The Labute approximate surface area is 95.9 Å². The van der Waals surface area contributed by atoms with Crippen LogP contribution >= 0.6 is 0 Å². The summed E-state index contributed by atoms with van der Waals surface area (Å²) in [5.74, 6) is -0.240. The van der Waals surface area contributed by atoms with E-state index in [4.69, 9.17) is 4.74 Å². The number of rotatable bonds is 1. The van der Waals surface area contributed by atoms with Gasteiger partial charge >= 0.3 is 5.97 Å². The molecule has 2 aliphatic rings. The van der Waals surface area contributed by atoms with E-state index in [9.17, 15) is 4.79 Å². The quantitative estimate of drug-likeness (QED) is 0.636. The first-order valence-electron chi connectivity index (χ1n) is 5.64. The van der Waals surface area contributed by atoms with E-state index in [1.54, 1.807) is 6.20 Å². The number of fused-ring (bicyclic) bond motifs is 1. The van der Waals surface area contributed by atoms with Gasteiger partial charge in [-0.2, -0.15) is 0 Å². The van der Waals surface area contributed by atoms with Gasteiger partial charge in [-0.25, -0.2) is 0 Å². The number of hydrogen-bond donors (Lipinski definition) is 0. The summed E-state index contributed by atoms with van der Waals surface area (Å²) in [5, 5.41) is 0. The van der Waals surface area contributed by atoms with Crippen LogP contribution < -0.4 is 0 Å². The van der Waals surface area contributed by atoms with E-state index in [0.29, 0.717) is 0 Å². The van der Waals surface area contributed by atoms with Gasteiger partial charge < -0.3 is 4.74 Å². The molecular formula is C13H17NO2. The molecule has 0 aromatic heterocycles. The van der Waals surface area contributed by atoms with Crippen LogP contribution in [0, 0.1) is 5.92 Å². The van der Waals surface area contributed by atoms with Crippen molar-refractivity contribution < 1.29 is 9.53 Å². The molecule has 3 heteroatoms. The minimum atomic E-state index is -0.407. The van der Waals surface area contributed by atoms with E-state index in [1.807, 2.05) is 32.9 Å². The monoisotopic (exact) mass is 219 g/mol. The van der Waals surface area contributed by atoms with Crippen LogP contribution in [-0.2, 0) is 9.53 Å². The SMILES string of the molecule is CC(C)(C)OC(=O)C1C=C2C=CN=C2CC1. The highest BCUT2D eigenvalue weighted by Crippen LogP contribution is 2.27. The molecule has 0 aromatic rings. The van der Waals surface area contributed by atoms with Crippen molar-refractivity contribution in [1.29, 1.82) is 0 Å². The number of esters is 1. The van der Waals surface area contributed by atoms with Crippen LogP contribution in [0.4, 0.5) is 0 Å². The second-order valence-corrected chi connectivity index (χ2v) is 5.19. The Balaban J connectivity index is 2.07. The molecule has 0 saturated heterocycles. The van der Waals surface area contributed by atoms with E-state index < -0.39 is 5.60 Å². The number of allylic oxidation sites excluding steroid dienone is 2. The lowest BCUT2D eigenvalue weighted by Crippen LogP contribution is -2.29. The van der Waals surface area contributed by atoms with Gasteiger partial charge in [-0.3, -0.25) is 9.79 Å². The van der Waals surface area contributed by atoms with Gasteiger partial charge in [-0.15, -0.1) is 0 Å². The van der Waals surface area contributed by atoms with Crippen molar-refractivity contribution in [2.24, 2.45) is 10.9 Å². The number of carbonyl (C=O) groups excluding carboxylic acids is 1. The van der Waals surface area contributed by atoms with Crippen molar-refractivity contribution in [1.82, 2.24) is 0 Å². The van der Waals surface area contributed by atoms with Crippen molar-refractivity contribution in [2.75, 3.05) is 0 Å². The van der Waals surface area contributed by atoms with Gasteiger partial charge in [0.05, 0.1) is 5.92 Å². The minimum Gasteiger partial charge on any atom is -0.460 e. The van der Waals surface area contributed by atoms with Gasteiger partial charge in [0.15, 0.2) is 0 Å². The van der Waals surface area contributed by atoms with Crippen molar-refractivity contribution in [2.45, 2.75) is 39.2 Å². The average Bonchev–Trinajstić information content (AvgIpc) is 2.61. The fourth-order valence-corrected chi connectivity index (χ4v) is 1.89. The molecule has 1 unspecified atom stereocenters. The Bertz CT molecular complexity index is 397. The maximum atomic E-state index is 11.9. The fourth-order valence-electron chi connectivity index (χ4n) is 1.89. The molecule has 16 heavy (non-hydrogen) atoms. The Hall–Kier alpha value is -1.38. The zero-order valence-corrected chi connectivity index (χ0v) is 9.99. The van der Waals surface area contributed by atoms with Crippen LogP contribution in [0.3, 0.4) is 0 Å². The molecule has 0 amide bonds. The molecule has 86 valence electrons. The zero-order valence-electron chi connectivity index (χ0n) is 9.99. The molecule has 0 saturated carbocycles. The van der Waals surface area contributed by atoms with Gasteiger partial charge in [-0.1, -0.05) is 6.08 Å². The summed E-state index contributed by atoms with van der Waals surface area (Å²) in [6.07, 6.45) is 7.38. The average molecular weight is 219 g/mol. The highest BCUT2D eigenvalue weighted by atomic mass is 16.6. The van der Waals surface area contributed by atoms with Gasteiger partial charge in [0, 0.05) is 11.9 Å². The molecular weight excluding hydrogens is 202 g/mol. The van der Waals surface area contributed by atoms with Crippen LogP contribution in [0.2, 0.25) is 0 Å². The summed E-state index contributed by atoms with van der Waals surface area (Å²) in [5.41, 5.74) is 1.78. The van der Waals surface area contributed by atoms with E-state index in [2.05, 4.69) is 4.99 Å². The van der Waals surface area contributed by atoms with E-state index in [-0.39, 0.29) is 11.9 Å². The van der Waals surface area contributed by atoms with Crippen LogP contribution in [0.1, 0.15) is 33.6 Å². The minimum absolute atomic E-state index is 0.115. The number of carbonyl (C=O) groups is 1. The summed E-state index contributed by atoms with van der Waals surface area (Å²) < 4.78 is 5.38. The Morgan fingerprint density at radius 3 is 2.94 bits per heavy atom. The van der Waals surface area contributed by atoms with E-state index in [0.717, 1.165) is 24.1 Å². The molecule has 1 aliphatic heterocycles. The van der Waals surface area contributed by atoms with Gasteiger partial charge in [0.2, 0.25) is 0 Å². The number of hydrogen-bond acceptors (Lipinski definition) is 3. The molecule has 2 rings (SSSR count). The van der Waals surface area contributed by atoms with Gasteiger partial charge in [0.1, 0.15) is 5.60 Å². The Morgan fingerprint density at radius 1 is 1.50 bits per heavy atom. The molecule has 0 bridgehead atoms. The molecule has 0 radical (unpaired) electrons. The van der Waals surface area contributed by atoms with Crippen LogP contribution in [-0.4, -0.2) is 17.3 Å². The largest absolute Gasteiger partial charge is 0.460 e. The first-order valence-corrected chi connectivity index (χ1v) is 5.64. The molecule has 1 atom stereocenters. The molecule has 1 aliphatic carbocycles. The highest BCUT2D eigenvalue weighted by molar-refractivity contribution is 6.06. The summed E-state index contributed by atoms with van der Waals surface area (Å²) in [6, 6.07) is 0. The summed E-state index contributed by atoms with van der Waals surface area (Å²) in [4.78, 5) is 16.1. The third-order valence-electron chi connectivity index (χ3n) is 2.60. The molecule has 3 nitrogen and oxygen atoms in total. The predicted octanol–water partition coefficient (Wildman–Crippen LogP) is 2.63. The topological polar surface area (TPSA) is 38.7 Å². The summed E-state index contributed by atoms with van der Waals surface area (Å²) in [6.45, 7) is 5.68. The van der Waals surface area contributed by atoms with Crippen LogP contribution in [0.5, 0.6) is 0 Å².